The lowest BCUT2D eigenvalue weighted by molar-refractivity contribution is -0.134. The lowest BCUT2D eigenvalue weighted by Crippen LogP contribution is -2.53. The first-order valence-corrected chi connectivity index (χ1v) is 8.06. The molecule has 0 aromatic heterocycles. The summed E-state index contributed by atoms with van der Waals surface area (Å²) in [6.45, 7) is 3.71. The number of carbonyl (C=O) groups excluding carboxylic acids is 1. The van der Waals surface area contributed by atoms with Crippen molar-refractivity contribution in [2.45, 2.75) is 37.8 Å². The fraction of sp³-hybridized carbons (Fsp3) is 0.588. The zero-order valence-electron chi connectivity index (χ0n) is 12.6. The Balaban J connectivity index is 1.44. The maximum absolute atomic E-state index is 12.4. The van der Waals surface area contributed by atoms with Gasteiger partial charge in [-0.3, -0.25) is 9.69 Å². The molecule has 3 rings (SSSR count). The van der Waals surface area contributed by atoms with E-state index in [2.05, 4.69) is 17.0 Å². The van der Waals surface area contributed by atoms with Crippen LogP contribution in [0.15, 0.2) is 30.3 Å². The van der Waals surface area contributed by atoms with Crippen molar-refractivity contribution in [3.63, 3.8) is 0 Å². The summed E-state index contributed by atoms with van der Waals surface area (Å²) in [6.07, 6.45) is 4.27. The molecule has 0 unspecified atom stereocenters. The molecule has 0 bridgehead atoms. The Morgan fingerprint density at radius 2 is 1.81 bits per heavy atom. The van der Waals surface area contributed by atoms with Gasteiger partial charge in [0.1, 0.15) is 0 Å². The molecule has 1 aromatic carbocycles. The fourth-order valence-electron chi connectivity index (χ4n) is 3.07. The summed E-state index contributed by atoms with van der Waals surface area (Å²) in [5.41, 5.74) is 7.35. The molecule has 21 heavy (non-hydrogen) atoms. The molecule has 1 aromatic rings. The van der Waals surface area contributed by atoms with Crippen LogP contribution in [0.25, 0.3) is 0 Å². The molecule has 1 aliphatic carbocycles. The zero-order chi connectivity index (χ0) is 14.7. The number of hydrogen-bond acceptors (Lipinski definition) is 3. The second-order valence-corrected chi connectivity index (χ2v) is 6.22. The first-order chi connectivity index (χ1) is 10.2. The van der Waals surface area contributed by atoms with Crippen LogP contribution in [0.2, 0.25) is 0 Å². The molecule has 114 valence electrons. The number of nitrogens with zero attached hydrogens (tertiary/aromatic N) is 2. The number of carbonyl (C=O) groups is 1. The summed E-state index contributed by atoms with van der Waals surface area (Å²) in [4.78, 5) is 16.9. The minimum atomic E-state index is -0.363. The van der Waals surface area contributed by atoms with E-state index in [0.717, 1.165) is 45.1 Å². The van der Waals surface area contributed by atoms with Crippen LogP contribution in [-0.4, -0.2) is 54.0 Å². The second-order valence-electron chi connectivity index (χ2n) is 6.22. The normalized spacial score (nSPS) is 21.3. The zero-order valence-corrected chi connectivity index (χ0v) is 12.6. The highest BCUT2D eigenvalue weighted by Gasteiger charge is 2.33. The van der Waals surface area contributed by atoms with Crippen molar-refractivity contribution in [3.05, 3.63) is 35.9 Å². The average Bonchev–Trinajstić information content (AvgIpc) is 3.38. The minimum absolute atomic E-state index is 0.126. The molecule has 2 fully saturated rings. The molecular formula is C17H25N3O. The average molecular weight is 287 g/mol. The number of benzene rings is 1. The van der Waals surface area contributed by atoms with Crippen molar-refractivity contribution in [3.8, 4) is 0 Å². The Kier molecular flexibility index (Phi) is 4.56. The summed E-state index contributed by atoms with van der Waals surface area (Å²) in [5.74, 6) is 0.126. The van der Waals surface area contributed by atoms with Crippen LogP contribution in [0.1, 0.15) is 24.8 Å². The highest BCUT2D eigenvalue weighted by atomic mass is 16.2. The van der Waals surface area contributed by atoms with E-state index in [9.17, 15) is 4.79 Å². The maximum atomic E-state index is 12.4. The third-order valence-corrected chi connectivity index (χ3v) is 4.59. The van der Waals surface area contributed by atoms with E-state index in [1.165, 1.54) is 18.4 Å². The Morgan fingerprint density at radius 1 is 1.14 bits per heavy atom. The summed E-state index contributed by atoms with van der Waals surface area (Å²) in [5, 5.41) is 0. The molecule has 1 saturated carbocycles. The smallest absolute Gasteiger partial charge is 0.239 e. The molecular weight excluding hydrogens is 262 g/mol. The summed E-state index contributed by atoms with van der Waals surface area (Å²) in [7, 11) is 0. The molecule has 2 aliphatic rings. The van der Waals surface area contributed by atoms with Gasteiger partial charge in [-0.05, 0) is 31.2 Å². The van der Waals surface area contributed by atoms with Gasteiger partial charge in [-0.25, -0.2) is 0 Å². The van der Waals surface area contributed by atoms with Gasteiger partial charge in [0.25, 0.3) is 0 Å². The number of piperazine rings is 1. The first kappa shape index (κ1) is 14.5. The lowest BCUT2D eigenvalue weighted by atomic mass is 10.0. The van der Waals surface area contributed by atoms with Crippen LogP contribution in [0, 0.1) is 0 Å². The quantitative estimate of drug-likeness (QED) is 0.887. The van der Waals surface area contributed by atoms with Gasteiger partial charge in [-0.15, -0.1) is 0 Å². The van der Waals surface area contributed by atoms with Gasteiger partial charge in [0.2, 0.25) is 5.91 Å². The largest absolute Gasteiger partial charge is 0.339 e. The second kappa shape index (κ2) is 6.58. The maximum Gasteiger partial charge on any atom is 0.239 e. The molecule has 1 heterocycles. The predicted octanol–water partition coefficient (Wildman–Crippen LogP) is 1.25. The van der Waals surface area contributed by atoms with Gasteiger partial charge in [0.05, 0.1) is 6.04 Å². The monoisotopic (exact) mass is 287 g/mol. The van der Waals surface area contributed by atoms with E-state index in [4.69, 9.17) is 5.73 Å². The molecule has 1 saturated heterocycles. The lowest BCUT2D eigenvalue weighted by Gasteiger charge is -2.36. The van der Waals surface area contributed by atoms with Crippen molar-refractivity contribution >= 4 is 5.91 Å². The predicted molar refractivity (Wildman–Crippen MR) is 83.9 cm³/mol. The highest BCUT2D eigenvalue weighted by molar-refractivity contribution is 5.81. The Labute approximate surface area is 126 Å². The van der Waals surface area contributed by atoms with Crippen molar-refractivity contribution in [1.82, 2.24) is 9.80 Å². The van der Waals surface area contributed by atoms with Gasteiger partial charge in [-0.1, -0.05) is 30.3 Å². The number of nitrogens with two attached hydrogens (primary N) is 1. The number of rotatable bonds is 5. The van der Waals surface area contributed by atoms with Gasteiger partial charge < -0.3 is 10.6 Å². The van der Waals surface area contributed by atoms with E-state index >= 15 is 0 Å². The van der Waals surface area contributed by atoms with E-state index in [0.29, 0.717) is 0 Å². The summed E-state index contributed by atoms with van der Waals surface area (Å²) >= 11 is 0. The SMILES string of the molecule is N[C@@H](CCc1ccccc1)C(=O)N1CCN(C2CC2)CC1. The van der Waals surface area contributed by atoms with Crippen LogP contribution < -0.4 is 5.73 Å². The molecule has 0 radical (unpaired) electrons. The van der Waals surface area contributed by atoms with E-state index < -0.39 is 0 Å². The first-order valence-electron chi connectivity index (χ1n) is 8.06. The molecule has 2 N–H and O–H groups in total. The summed E-state index contributed by atoms with van der Waals surface area (Å²) < 4.78 is 0. The molecule has 1 atom stereocenters. The van der Waals surface area contributed by atoms with Crippen molar-refractivity contribution in [2.24, 2.45) is 5.73 Å². The van der Waals surface area contributed by atoms with Gasteiger partial charge >= 0.3 is 0 Å². The Hall–Kier alpha value is -1.39. The van der Waals surface area contributed by atoms with E-state index in [1.54, 1.807) is 0 Å². The Bertz CT molecular complexity index is 464. The standard InChI is InChI=1S/C17H25N3O/c18-16(9-6-14-4-2-1-3-5-14)17(21)20-12-10-19(11-13-20)15-7-8-15/h1-5,15-16H,6-13,18H2/t16-/m0/s1. The number of hydrogen-bond donors (Lipinski definition) is 1. The van der Waals surface area contributed by atoms with Crippen LogP contribution in [0.4, 0.5) is 0 Å². The Morgan fingerprint density at radius 3 is 2.43 bits per heavy atom. The molecule has 0 spiro atoms. The minimum Gasteiger partial charge on any atom is -0.339 e. The topological polar surface area (TPSA) is 49.6 Å². The van der Waals surface area contributed by atoms with Gasteiger partial charge in [0, 0.05) is 32.2 Å². The van der Waals surface area contributed by atoms with Crippen LogP contribution >= 0.6 is 0 Å². The van der Waals surface area contributed by atoms with E-state index in [-0.39, 0.29) is 11.9 Å². The van der Waals surface area contributed by atoms with Crippen molar-refractivity contribution in [1.29, 1.82) is 0 Å². The molecule has 4 nitrogen and oxygen atoms in total. The van der Waals surface area contributed by atoms with Crippen LogP contribution in [0.5, 0.6) is 0 Å². The molecule has 1 aliphatic heterocycles. The van der Waals surface area contributed by atoms with Gasteiger partial charge in [-0.2, -0.15) is 0 Å². The number of aryl methyl sites for hydroxylation is 1. The van der Waals surface area contributed by atoms with Gasteiger partial charge in [0.15, 0.2) is 0 Å². The molecule has 1 amide bonds. The van der Waals surface area contributed by atoms with Crippen molar-refractivity contribution in [2.75, 3.05) is 26.2 Å². The fourth-order valence-corrected chi connectivity index (χ4v) is 3.07. The van der Waals surface area contributed by atoms with Crippen molar-refractivity contribution < 1.29 is 4.79 Å². The summed E-state index contributed by atoms with van der Waals surface area (Å²) in [6, 6.07) is 10.7. The van der Waals surface area contributed by atoms with Crippen LogP contribution in [-0.2, 0) is 11.2 Å². The molecule has 4 heteroatoms. The van der Waals surface area contributed by atoms with E-state index in [1.807, 2.05) is 23.1 Å². The highest BCUT2D eigenvalue weighted by Crippen LogP contribution is 2.27. The third-order valence-electron chi connectivity index (χ3n) is 4.59. The number of amides is 1. The van der Waals surface area contributed by atoms with Crippen LogP contribution in [0.3, 0.4) is 0 Å². The third kappa shape index (κ3) is 3.83.